The molecule has 34 heavy (non-hydrogen) atoms. The third kappa shape index (κ3) is 4.82. The van der Waals surface area contributed by atoms with Gasteiger partial charge in [0.2, 0.25) is 0 Å². The van der Waals surface area contributed by atoms with E-state index in [1.165, 1.54) is 35.2 Å². The predicted molar refractivity (Wildman–Crippen MR) is 120 cm³/mol. The molecule has 0 bridgehead atoms. The van der Waals surface area contributed by atoms with Gasteiger partial charge in [-0.2, -0.15) is 0 Å². The number of rotatable bonds is 7. The number of nitro groups is 1. The molecule has 10 heteroatoms. The number of halogens is 1. The normalized spacial score (nSPS) is 20.6. The summed E-state index contributed by atoms with van der Waals surface area (Å²) in [7, 11) is 0. The van der Waals surface area contributed by atoms with Gasteiger partial charge in [-0.1, -0.05) is 12.1 Å². The van der Waals surface area contributed by atoms with Crippen LogP contribution in [0.3, 0.4) is 0 Å². The molecule has 2 heterocycles. The Morgan fingerprint density at radius 2 is 1.82 bits per heavy atom. The molecule has 178 valence electrons. The number of nitro benzene ring substituents is 1. The first-order valence-electron chi connectivity index (χ1n) is 11.0. The Kier molecular flexibility index (Phi) is 6.99. The van der Waals surface area contributed by atoms with Crippen LogP contribution < -0.4 is 0 Å². The topological polar surface area (TPSA) is 113 Å². The lowest BCUT2D eigenvalue weighted by atomic mass is 9.95. The van der Waals surface area contributed by atoms with Crippen molar-refractivity contribution in [1.82, 2.24) is 9.80 Å². The van der Waals surface area contributed by atoms with Crippen LogP contribution in [0.1, 0.15) is 23.6 Å². The number of hydrogen-bond donors (Lipinski definition) is 1. The summed E-state index contributed by atoms with van der Waals surface area (Å²) in [5, 5.41) is 22.3. The Balaban J connectivity index is 1.70. The number of amides is 1. The zero-order valence-electron chi connectivity index (χ0n) is 18.4. The Hall–Kier alpha value is -3.63. The largest absolute Gasteiger partial charge is 0.507 e. The van der Waals surface area contributed by atoms with Gasteiger partial charge in [0, 0.05) is 43.9 Å². The van der Waals surface area contributed by atoms with Gasteiger partial charge in [-0.05, 0) is 36.2 Å². The van der Waals surface area contributed by atoms with Gasteiger partial charge in [0.1, 0.15) is 11.6 Å². The molecule has 2 saturated heterocycles. The van der Waals surface area contributed by atoms with Gasteiger partial charge in [-0.25, -0.2) is 4.39 Å². The van der Waals surface area contributed by atoms with E-state index in [9.17, 15) is 29.2 Å². The summed E-state index contributed by atoms with van der Waals surface area (Å²) in [6.07, 6.45) is 0.565. The minimum atomic E-state index is -1.00. The predicted octanol–water partition coefficient (Wildman–Crippen LogP) is 2.88. The van der Waals surface area contributed by atoms with Crippen molar-refractivity contribution in [3.63, 3.8) is 0 Å². The molecule has 0 aliphatic carbocycles. The molecule has 9 nitrogen and oxygen atoms in total. The summed E-state index contributed by atoms with van der Waals surface area (Å²) in [4.78, 5) is 40.3. The Bertz CT molecular complexity index is 1130. The highest BCUT2D eigenvalue weighted by Crippen LogP contribution is 2.40. The van der Waals surface area contributed by atoms with Crippen molar-refractivity contribution < 1.29 is 28.7 Å². The lowest BCUT2D eigenvalue weighted by molar-refractivity contribution is -0.384. The number of carbonyl (C=O) groups is 2. The molecule has 2 aliphatic heterocycles. The first-order valence-corrected chi connectivity index (χ1v) is 11.0. The summed E-state index contributed by atoms with van der Waals surface area (Å²) in [6, 6.07) is 9.54. The monoisotopic (exact) mass is 469 g/mol. The molecule has 1 N–H and O–H groups in total. The number of non-ortho nitro benzene ring substituents is 1. The maximum absolute atomic E-state index is 13.4. The highest BCUT2D eigenvalue weighted by atomic mass is 19.1. The number of aliphatic hydroxyl groups is 1. The van der Waals surface area contributed by atoms with Crippen LogP contribution in [0, 0.1) is 15.9 Å². The lowest BCUT2D eigenvalue weighted by Crippen LogP contribution is -2.39. The summed E-state index contributed by atoms with van der Waals surface area (Å²) in [5.74, 6) is -2.65. The first kappa shape index (κ1) is 23.5. The van der Waals surface area contributed by atoms with E-state index >= 15 is 0 Å². The van der Waals surface area contributed by atoms with Crippen LogP contribution in [-0.4, -0.2) is 70.9 Å². The number of likely N-dealkylation sites (tertiary alicyclic amines) is 1. The van der Waals surface area contributed by atoms with Crippen molar-refractivity contribution in [3.05, 3.63) is 81.2 Å². The number of benzene rings is 2. The third-order valence-electron chi connectivity index (χ3n) is 6.03. The van der Waals surface area contributed by atoms with E-state index in [1.807, 2.05) is 0 Å². The molecule has 2 fully saturated rings. The highest BCUT2D eigenvalue weighted by Gasteiger charge is 2.46. The van der Waals surface area contributed by atoms with Crippen molar-refractivity contribution in [2.24, 2.45) is 0 Å². The standard InChI is InChI=1S/C24H24FN3O6/c25-18-7-5-16(6-8-18)22(29)20-21(17-3-1-4-19(15-17)28(32)33)27(24(31)23(20)30)10-2-9-26-11-13-34-14-12-26/h1,3-8,15,21,29H,2,9-14H2/t21-/m1/s1. The Labute approximate surface area is 195 Å². The molecule has 0 aromatic heterocycles. The molecular formula is C24H24FN3O6. The number of Topliss-reactive ketones (excluding diaryl/α,β-unsaturated/α-hetero) is 1. The van der Waals surface area contributed by atoms with Gasteiger partial charge in [0.05, 0.1) is 29.8 Å². The number of aliphatic hydroxyl groups excluding tert-OH is 1. The van der Waals surface area contributed by atoms with Crippen molar-refractivity contribution in [2.45, 2.75) is 12.5 Å². The molecule has 2 aromatic carbocycles. The average Bonchev–Trinajstić information content (AvgIpc) is 3.10. The second kappa shape index (κ2) is 10.1. The smallest absolute Gasteiger partial charge is 0.295 e. The molecule has 1 atom stereocenters. The van der Waals surface area contributed by atoms with Gasteiger partial charge in [0.25, 0.3) is 17.4 Å². The molecule has 0 spiro atoms. The van der Waals surface area contributed by atoms with E-state index in [2.05, 4.69) is 4.90 Å². The van der Waals surface area contributed by atoms with Gasteiger partial charge < -0.3 is 14.7 Å². The summed E-state index contributed by atoms with van der Waals surface area (Å²) in [6.45, 7) is 3.72. The first-order chi connectivity index (χ1) is 16.4. The maximum atomic E-state index is 13.4. The minimum absolute atomic E-state index is 0.170. The van der Waals surface area contributed by atoms with Crippen molar-refractivity contribution in [3.8, 4) is 0 Å². The maximum Gasteiger partial charge on any atom is 0.295 e. The molecule has 1 amide bonds. The lowest BCUT2D eigenvalue weighted by Gasteiger charge is -2.29. The fourth-order valence-corrected chi connectivity index (χ4v) is 4.32. The van der Waals surface area contributed by atoms with Crippen LogP contribution >= 0.6 is 0 Å². The molecule has 0 unspecified atom stereocenters. The second-order valence-electron chi connectivity index (χ2n) is 8.16. The van der Waals surface area contributed by atoms with Crippen LogP contribution in [0.25, 0.3) is 5.76 Å². The zero-order chi connectivity index (χ0) is 24.2. The van der Waals surface area contributed by atoms with Crippen LogP contribution in [0.15, 0.2) is 54.1 Å². The van der Waals surface area contributed by atoms with Crippen molar-refractivity contribution in [1.29, 1.82) is 0 Å². The SMILES string of the molecule is O=C1C(=O)N(CCCN2CCOCC2)[C@H](c2cccc([N+](=O)[O-])c2)C1=C(O)c1ccc(F)cc1. The quantitative estimate of drug-likeness (QED) is 0.218. The molecule has 4 rings (SSSR count). The number of nitrogens with zero attached hydrogens (tertiary/aromatic N) is 3. The van der Waals surface area contributed by atoms with Crippen molar-refractivity contribution >= 4 is 23.1 Å². The second-order valence-corrected chi connectivity index (χ2v) is 8.16. The van der Waals surface area contributed by atoms with Gasteiger partial charge in [-0.3, -0.25) is 24.6 Å². The Morgan fingerprint density at radius 3 is 2.50 bits per heavy atom. The minimum Gasteiger partial charge on any atom is -0.507 e. The van der Waals surface area contributed by atoms with E-state index in [-0.39, 0.29) is 23.4 Å². The number of ketones is 1. The fraction of sp³-hybridized carbons (Fsp3) is 0.333. The van der Waals surface area contributed by atoms with E-state index in [0.717, 1.165) is 25.2 Å². The molecule has 0 saturated carbocycles. The summed E-state index contributed by atoms with van der Waals surface area (Å²) >= 11 is 0. The molecule has 2 aliphatic rings. The number of hydrogen-bond acceptors (Lipinski definition) is 7. The van der Waals surface area contributed by atoms with E-state index in [4.69, 9.17) is 4.74 Å². The van der Waals surface area contributed by atoms with Crippen molar-refractivity contribution in [2.75, 3.05) is 39.4 Å². The van der Waals surface area contributed by atoms with Crippen LogP contribution in [-0.2, 0) is 14.3 Å². The van der Waals surface area contributed by atoms with E-state index in [0.29, 0.717) is 31.7 Å². The summed E-state index contributed by atoms with van der Waals surface area (Å²) in [5.41, 5.74) is 0.133. The van der Waals surface area contributed by atoms with Gasteiger partial charge in [0.15, 0.2) is 0 Å². The van der Waals surface area contributed by atoms with Crippen LogP contribution in [0.4, 0.5) is 10.1 Å². The van der Waals surface area contributed by atoms with Gasteiger partial charge in [-0.15, -0.1) is 0 Å². The van der Waals surface area contributed by atoms with Crippen LogP contribution in [0.2, 0.25) is 0 Å². The summed E-state index contributed by atoms with van der Waals surface area (Å²) < 4.78 is 18.7. The average molecular weight is 469 g/mol. The Morgan fingerprint density at radius 1 is 1.12 bits per heavy atom. The van der Waals surface area contributed by atoms with E-state index < -0.39 is 34.2 Å². The molecule has 2 aromatic rings. The van der Waals surface area contributed by atoms with Crippen LogP contribution in [0.5, 0.6) is 0 Å². The molecule has 0 radical (unpaired) electrons. The number of ether oxygens (including phenoxy) is 1. The number of morpholine rings is 1. The molecular weight excluding hydrogens is 445 g/mol. The van der Waals surface area contributed by atoms with E-state index in [1.54, 1.807) is 6.07 Å². The number of carbonyl (C=O) groups excluding carboxylic acids is 2. The fourth-order valence-electron chi connectivity index (χ4n) is 4.32. The zero-order valence-corrected chi connectivity index (χ0v) is 18.4. The highest BCUT2D eigenvalue weighted by molar-refractivity contribution is 6.46. The van der Waals surface area contributed by atoms with Gasteiger partial charge >= 0.3 is 0 Å². The third-order valence-corrected chi connectivity index (χ3v) is 6.03.